The molecule has 0 atom stereocenters. The van der Waals surface area contributed by atoms with Crippen molar-refractivity contribution in [1.82, 2.24) is 14.8 Å². The van der Waals surface area contributed by atoms with Crippen LogP contribution in [0.4, 0.5) is 5.69 Å². The van der Waals surface area contributed by atoms with Gasteiger partial charge in [-0.2, -0.15) is 0 Å². The number of sulfonamides is 1. The van der Waals surface area contributed by atoms with Crippen LogP contribution >= 0.6 is 11.8 Å². The number of hydrogen-bond donors (Lipinski definition) is 0. The summed E-state index contributed by atoms with van der Waals surface area (Å²) in [6, 6.07) is 15.2. The van der Waals surface area contributed by atoms with E-state index in [0.29, 0.717) is 28.9 Å². The zero-order valence-electron chi connectivity index (χ0n) is 17.8. The lowest BCUT2D eigenvalue weighted by atomic mass is 9.99. The lowest BCUT2D eigenvalue weighted by Crippen LogP contribution is -2.34. The maximum absolute atomic E-state index is 12.9. The molecule has 1 aliphatic heterocycles. The molecule has 3 aromatic rings. The third-order valence-corrected chi connectivity index (χ3v) is 7.78. The van der Waals surface area contributed by atoms with Crippen molar-refractivity contribution in [2.75, 3.05) is 22.9 Å². The topological polar surface area (TPSA) is 85.2 Å². The first-order chi connectivity index (χ1) is 15.4. The molecule has 2 aliphatic rings. The molecular formula is C23H24N4O3S2. The Hall–Kier alpha value is -2.65. The third-order valence-electron chi connectivity index (χ3n) is 5.77. The van der Waals surface area contributed by atoms with Gasteiger partial charge in [-0.25, -0.2) is 18.1 Å². The Bertz CT molecular complexity index is 1270. The highest BCUT2D eigenvalue weighted by Crippen LogP contribution is 2.40. The van der Waals surface area contributed by atoms with Crippen molar-refractivity contribution in [2.45, 2.75) is 36.8 Å². The van der Waals surface area contributed by atoms with Gasteiger partial charge in [-0.15, -0.1) is 5.10 Å². The molecule has 166 valence electrons. The predicted octanol–water partition coefficient (Wildman–Crippen LogP) is 3.83. The van der Waals surface area contributed by atoms with E-state index in [-0.39, 0.29) is 11.5 Å². The van der Waals surface area contributed by atoms with Crippen molar-refractivity contribution in [2.24, 2.45) is 0 Å². The number of anilines is 1. The normalized spacial score (nSPS) is 16.1. The number of thioether (sulfide) groups is 1. The smallest absolute Gasteiger partial charge is 0.232 e. The molecule has 32 heavy (non-hydrogen) atoms. The molecule has 2 aromatic carbocycles. The van der Waals surface area contributed by atoms with Gasteiger partial charge in [0.05, 0.1) is 23.4 Å². The second kappa shape index (κ2) is 8.37. The summed E-state index contributed by atoms with van der Waals surface area (Å²) in [5.74, 6) is 1.61. The second-order valence-corrected chi connectivity index (χ2v) is 11.1. The molecule has 9 heteroatoms. The number of fused-ring (bicyclic) bond motifs is 1. The summed E-state index contributed by atoms with van der Waals surface area (Å²) < 4.78 is 27.4. The summed E-state index contributed by atoms with van der Waals surface area (Å²) in [4.78, 5) is 17.6. The first-order valence-electron chi connectivity index (χ1n) is 10.7. The highest BCUT2D eigenvalue weighted by molar-refractivity contribution is 7.99. The molecule has 1 aliphatic carbocycles. The van der Waals surface area contributed by atoms with E-state index < -0.39 is 10.0 Å². The first-order valence-corrected chi connectivity index (χ1v) is 13.5. The fourth-order valence-corrected chi connectivity index (χ4v) is 5.75. The zero-order valence-corrected chi connectivity index (χ0v) is 19.4. The van der Waals surface area contributed by atoms with Crippen LogP contribution in [0.25, 0.3) is 5.69 Å². The minimum atomic E-state index is -3.32. The Morgan fingerprint density at radius 3 is 2.66 bits per heavy atom. The Morgan fingerprint density at radius 2 is 1.94 bits per heavy atom. The number of aryl methyl sites for hydroxylation is 1. The van der Waals surface area contributed by atoms with E-state index in [1.165, 1.54) is 22.3 Å². The van der Waals surface area contributed by atoms with Crippen LogP contribution in [0.15, 0.2) is 53.7 Å². The van der Waals surface area contributed by atoms with Crippen molar-refractivity contribution < 1.29 is 13.2 Å². The minimum absolute atomic E-state index is 0.0155. The Kier molecular flexibility index (Phi) is 5.54. The number of nitrogens with zero attached hydrogens (tertiary/aromatic N) is 4. The molecular weight excluding hydrogens is 444 g/mol. The standard InChI is InChI=1S/C23H24N4O3S2/c1-32(29,30)26-13-5-6-17-14-18(11-12-20(17)26)21(28)15-31-23-24-22(16-9-10-16)27(25-23)19-7-3-2-4-8-19/h2-4,7-8,11-12,14,16H,5-6,9-10,13,15H2,1H3. The van der Waals surface area contributed by atoms with Gasteiger partial charge in [0.25, 0.3) is 0 Å². The molecule has 2 heterocycles. The van der Waals surface area contributed by atoms with Crippen LogP contribution in [-0.4, -0.2) is 47.5 Å². The number of carbonyl (C=O) groups excluding carboxylic acids is 1. The first kappa shape index (κ1) is 21.2. The minimum Gasteiger partial charge on any atom is -0.293 e. The number of ketones is 1. The summed E-state index contributed by atoms with van der Waals surface area (Å²) in [7, 11) is -3.32. The van der Waals surface area contributed by atoms with Gasteiger partial charge in [-0.3, -0.25) is 9.10 Å². The number of carbonyl (C=O) groups is 1. The van der Waals surface area contributed by atoms with Gasteiger partial charge < -0.3 is 0 Å². The molecule has 1 saturated carbocycles. The second-order valence-electron chi connectivity index (χ2n) is 8.27. The molecule has 7 nitrogen and oxygen atoms in total. The van der Waals surface area contributed by atoms with Gasteiger partial charge in [0.1, 0.15) is 5.82 Å². The van der Waals surface area contributed by atoms with E-state index in [1.807, 2.05) is 41.1 Å². The summed E-state index contributed by atoms with van der Waals surface area (Å²) in [6.45, 7) is 0.480. The van der Waals surface area contributed by atoms with Gasteiger partial charge in [-0.05, 0) is 61.6 Å². The highest BCUT2D eigenvalue weighted by atomic mass is 32.2. The summed E-state index contributed by atoms with van der Waals surface area (Å²) >= 11 is 1.34. The van der Waals surface area contributed by atoms with E-state index in [1.54, 1.807) is 12.1 Å². The molecule has 0 amide bonds. The van der Waals surface area contributed by atoms with Crippen molar-refractivity contribution in [1.29, 1.82) is 0 Å². The summed E-state index contributed by atoms with van der Waals surface area (Å²) in [5.41, 5.74) is 3.15. The molecule has 0 saturated heterocycles. The highest BCUT2D eigenvalue weighted by Gasteiger charge is 2.30. The molecule has 0 bridgehead atoms. The zero-order chi connectivity index (χ0) is 22.3. The van der Waals surface area contributed by atoms with Gasteiger partial charge in [0, 0.05) is 18.0 Å². The molecule has 1 aromatic heterocycles. The van der Waals surface area contributed by atoms with Crippen molar-refractivity contribution >= 4 is 33.3 Å². The summed E-state index contributed by atoms with van der Waals surface area (Å²) in [5, 5.41) is 5.26. The molecule has 0 radical (unpaired) electrons. The largest absolute Gasteiger partial charge is 0.293 e. The monoisotopic (exact) mass is 468 g/mol. The average Bonchev–Trinajstić information content (AvgIpc) is 3.55. The lowest BCUT2D eigenvalue weighted by Gasteiger charge is -2.29. The van der Waals surface area contributed by atoms with Crippen LogP contribution in [0.3, 0.4) is 0 Å². The third kappa shape index (κ3) is 4.31. The van der Waals surface area contributed by atoms with E-state index in [2.05, 4.69) is 5.10 Å². The molecule has 0 unspecified atom stereocenters. The fourth-order valence-electron chi connectivity index (χ4n) is 4.02. The number of aromatic nitrogens is 3. The number of rotatable bonds is 7. The van der Waals surface area contributed by atoms with Crippen LogP contribution in [0.1, 0.15) is 46.9 Å². The Balaban J connectivity index is 1.32. The van der Waals surface area contributed by atoms with Crippen molar-refractivity contribution in [3.8, 4) is 5.69 Å². The van der Waals surface area contributed by atoms with Crippen LogP contribution in [-0.2, 0) is 16.4 Å². The van der Waals surface area contributed by atoms with E-state index in [9.17, 15) is 13.2 Å². The van der Waals surface area contributed by atoms with Gasteiger partial charge >= 0.3 is 0 Å². The van der Waals surface area contributed by atoms with Gasteiger partial charge in [0.15, 0.2) is 5.78 Å². The van der Waals surface area contributed by atoms with Crippen LogP contribution in [0, 0.1) is 0 Å². The predicted molar refractivity (Wildman–Crippen MR) is 125 cm³/mol. The number of para-hydroxylation sites is 1. The number of hydrogen-bond acceptors (Lipinski definition) is 6. The molecule has 1 fully saturated rings. The van der Waals surface area contributed by atoms with E-state index in [0.717, 1.165) is 42.8 Å². The van der Waals surface area contributed by atoms with Gasteiger partial charge in [0.2, 0.25) is 15.2 Å². The Labute approximate surface area is 191 Å². The Morgan fingerprint density at radius 1 is 1.16 bits per heavy atom. The number of benzene rings is 2. The number of Topliss-reactive ketones (excluding diaryl/α,β-unsaturated/α-hetero) is 1. The van der Waals surface area contributed by atoms with Crippen molar-refractivity contribution in [3.63, 3.8) is 0 Å². The molecule has 5 rings (SSSR count). The molecule has 0 spiro atoms. The summed E-state index contributed by atoms with van der Waals surface area (Å²) in [6.07, 6.45) is 4.97. The van der Waals surface area contributed by atoms with E-state index >= 15 is 0 Å². The average molecular weight is 469 g/mol. The van der Waals surface area contributed by atoms with Crippen molar-refractivity contribution in [3.05, 3.63) is 65.5 Å². The van der Waals surface area contributed by atoms with Crippen LogP contribution in [0.5, 0.6) is 0 Å². The quantitative estimate of drug-likeness (QED) is 0.387. The maximum Gasteiger partial charge on any atom is 0.232 e. The lowest BCUT2D eigenvalue weighted by molar-refractivity contribution is 0.102. The van der Waals surface area contributed by atoms with E-state index in [4.69, 9.17) is 4.98 Å². The maximum atomic E-state index is 12.9. The van der Waals surface area contributed by atoms with Gasteiger partial charge in [-0.1, -0.05) is 30.0 Å². The van der Waals surface area contributed by atoms with Crippen LogP contribution in [0.2, 0.25) is 0 Å². The SMILES string of the molecule is CS(=O)(=O)N1CCCc2cc(C(=O)CSc3nc(C4CC4)n(-c4ccccc4)n3)ccc21. The van der Waals surface area contributed by atoms with Crippen LogP contribution < -0.4 is 4.31 Å². The fraction of sp³-hybridized carbons (Fsp3) is 0.348. The molecule has 0 N–H and O–H groups in total.